The van der Waals surface area contributed by atoms with Crippen LogP contribution >= 0.6 is 0 Å². The maximum Gasteiger partial charge on any atom is 0.329 e. The van der Waals surface area contributed by atoms with E-state index in [1.54, 1.807) is 0 Å². The van der Waals surface area contributed by atoms with E-state index in [0.717, 1.165) is 19.3 Å². The van der Waals surface area contributed by atoms with Gasteiger partial charge < -0.3 is 21.1 Å². The monoisotopic (exact) mass is 355 g/mol. The molecule has 0 aromatic heterocycles. The lowest BCUT2D eigenvalue weighted by Crippen LogP contribution is -2.56. The highest BCUT2D eigenvalue weighted by Gasteiger charge is 2.42. The van der Waals surface area contributed by atoms with E-state index < -0.39 is 17.4 Å². The molecule has 0 spiro atoms. The van der Waals surface area contributed by atoms with Gasteiger partial charge in [-0.05, 0) is 31.6 Å². The highest BCUT2D eigenvalue weighted by Crippen LogP contribution is 2.34. The maximum atomic E-state index is 12.1. The summed E-state index contributed by atoms with van der Waals surface area (Å²) in [5.41, 5.74) is -1.20. The lowest BCUT2D eigenvalue weighted by Gasteiger charge is -2.37. The molecule has 0 aliphatic heterocycles. The molecule has 25 heavy (non-hydrogen) atoms. The molecule has 4 N–H and O–H groups in total. The first kappa shape index (κ1) is 20.9. The van der Waals surface area contributed by atoms with Gasteiger partial charge in [0, 0.05) is 32.9 Å². The Morgan fingerprint density at radius 2 is 1.56 bits per heavy atom. The summed E-state index contributed by atoms with van der Waals surface area (Å²) in [6, 6.07) is 0. The quantitative estimate of drug-likeness (QED) is 0.450. The van der Waals surface area contributed by atoms with Gasteiger partial charge in [-0.2, -0.15) is 0 Å². The summed E-state index contributed by atoms with van der Waals surface area (Å²) >= 11 is 0. The van der Waals surface area contributed by atoms with E-state index >= 15 is 0 Å². The molecule has 8 nitrogen and oxygen atoms in total. The summed E-state index contributed by atoms with van der Waals surface area (Å²) in [4.78, 5) is 46.1. The number of amides is 3. The first-order valence-corrected chi connectivity index (χ1v) is 8.84. The number of aliphatic carboxylic acids is 1. The summed E-state index contributed by atoms with van der Waals surface area (Å²) in [7, 11) is 0. The normalized spacial score (nSPS) is 22.7. The molecule has 0 radical (unpaired) electrons. The van der Waals surface area contributed by atoms with E-state index in [1.807, 2.05) is 0 Å². The molecule has 0 aromatic carbocycles. The van der Waals surface area contributed by atoms with Crippen LogP contribution in [0.4, 0.5) is 0 Å². The summed E-state index contributed by atoms with van der Waals surface area (Å²) in [6.07, 6.45) is 3.37. The molecule has 1 aliphatic rings. The molecule has 0 heterocycles. The maximum absolute atomic E-state index is 12.1. The lowest BCUT2D eigenvalue weighted by atomic mass is 9.75. The molecule has 0 bridgehead atoms. The van der Waals surface area contributed by atoms with E-state index in [-0.39, 0.29) is 31.2 Å². The average molecular weight is 355 g/mol. The van der Waals surface area contributed by atoms with Gasteiger partial charge in [0.2, 0.25) is 17.7 Å². The Hall–Kier alpha value is -2.12. The topological polar surface area (TPSA) is 125 Å². The molecule has 0 atom stereocenters. The number of rotatable bonds is 9. The second-order valence-corrected chi connectivity index (χ2v) is 6.62. The van der Waals surface area contributed by atoms with Crippen molar-refractivity contribution in [2.45, 2.75) is 64.3 Å². The van der Waals surface area contributed by atoms with Crippen molar-refractivity contribution < 1.29 is 24.3 Å². The minimum absolute atomic E-state index is 0.0147. The van der Waals surface area contributed by atoms with E-state index in [4.69, 9.17) is 0 Å². The molecule has 0 unspecified atom stereocenters. The van der Waals surface area contributed by atoms with Crippen molar-refractivity contribution in [1.82, 2.24) is 16.0 Å². The summed E-state index contributed by atoms with van der Waals surface area (Å²) < 4.78 is 0. The molecule has 1 saturated carbocycles. The minimum atomic E-state index is -1.20. The highest BCUT2D eigenvalue weighted by atomic mass is 16.4. The van der Waals surface area contributed by atoms with Crippen LogP contribution in [0.3, 0.4) is 0 Å². The van der Waals surface area contributed by atoms with Crippen molar-refractivity contribution in [3.63, 3.8) is 0 Å². The molecule has 1 fully saturated rings. The van der Waals surface area contributed by atoms with Gasteiger partial charge in [0.05, 0.1) is 0 Å². The molecule has 0 saturated heterocycles. The highest BCUT2D eigenvalue weighted by molar-refractivity contribution is 5.89. The Morgan fingerprint density at radius 1 is 1.00 bits per heavy atom. The second kappa shape index (κ2) is 10.0. The molecule has 1 rings (SSSR count). The van der Waals surface area contributed by atoms with Crippen LogP contribution in [0.2, 0.25) is 0 Å². The third-order valence-corrected chi connectivity index (χ3v) is 4.72. The number of hydrogen-bond acceptors (Lipinski definition) is 4. The minimum Gasteiger partial charge on any atom is -0.480 e. The number of carboxylic acids is 1. The zero-order chi connectivity index (χ0) is 18.9. The SMILES string of the molecule is CCC1CCC(NC(=O)CCC(=O)NCCNC(C)=O)(C(=O)O)CC1. The van der Waals surface area contributed by atoms with Gasteiger partial charge in [0.1, 0.15) is 5.54 Å². The van der Waals surface area contributed by atoms with E-state index in [1.165, 1.54) is 6.92 Å². The van der Waals surface area contributed by atoms with Crippen LogP contribution in [0.25, 0.3) is 0 Å². The van der Waals surface area contributed by atoms with Gasteiger partial charge in [-0.25, -0.2) is 4.79 Å². The Bertz CT molecular complexity index is 499. The van der Waals surface area contributed by atoms with Gasteiger partial charge in [-0.15, -0.1) is 0 Å². The summed E-state index contributed by atoms with van der Waals surface area (Å²) in [5, 5.41) is 17.3. The van der Waals surface area contributed by atoms with Gasteiger partial charge in [-0.3, -0.25) is 14.4 Å². The standard InChI is InChI=1S/C17H29N3O5/c1-3-13-6-8-17(9-7-13,16(24)25)20-15(23)5-4-14(22)19-11-10-18-12(2)21/h13H,3-11H2,1-2H3,(H,18,21)(H,19,22)(H,20,23)(H,24,25). The summed E-state index contributed by atoms with van der Waals surface area (Å²) in [6.45, 7) is 4.09. The van der Waals surface area contributed by atoms with Gasteiger partial charge in [0.15, 0.2) is 0 Å². The van der Waals surface area contributed by atoms with Crippen LogP contribution in [0, 0.1) is 5.92 Å². The Kier molecular flexibility index (Phi) is 8.37. The van der Waals surface area contributed by atoms with E-state index in [2.05, 4.69) is 22.9 Å². The molecule has 8 heteroatoms. The smallest absolute Gasteiger partial charge is 0.329 e. The van der Waals surface area contributed by atoms with Crippen molar-refractivity contribution in [3.8, 4) is 0 Å². The lowest BCUT2D eigenvalue weighted by molar-refractivity contribution is -0.149. The third kappa shape index (κ3) is 7.11. The molecular formula is C17H29N3O5. The largest absolute Gasteiger partial charge is 0.480 e. The second-order valence-electron chi connectivity index (χ2n) is 6.62. The molecule has 1 aliphatic carbocycles. The van der Waals surface area contributed by atoms with Crippen LogP contribution in [0.5, 0.6) is 0 Å². The van der Waals surface area contributed by atoms with Crippen molar-refractivity contribution in [1.29, 1.82) is 0 Å². The van der Waals surface area contributed by atoms with E-state index in [0.29, 0.717) is 25.3 Å². The number of carboxylic acid groups (broad SMARTS) is 1. The van der Waals surface area contributed by atoms with Crippen LogP contribution in [0.1, 0.15) is 58.8 Å². The fraction of sp³-hybridized carbons (Fsp3) is 0.765. The first-order chi connectivity index (χ1) is 11.8. The number of carbonyl (C=O) groups excluding carboxylic acids is 3. The predicted molar refractivity (Wildman–Crippen MR) is 91.7 cm³/mol. The zero-order valence-corrected chi connectivity index (χ0v) is 15.0. The molecule has 142 valence electrons. The fourth-order valence-electron chi connectivity index (χ4n) is 3.06. The third-order valence-electron chi connectivity index (χ3n) is 4.72. The van der Waals surface area contributed by atoms with Crippen molar-refractivity contribution in [2.24, 2.45) is 5.92 Å². The van der Waals surface area contributed by atoms with Gasteiger partial charge in [0.25, 0.3) is 0 Å². The molecule has 3 amide bonds. The van der Waals surface area contributed by atoms with E-state index in [9.17, 15) is 24.3 Å². The summed E-state index contributed by atoms with van der Waals surface area (Å²) in [5.74, 6) is -1.40. The predicted octanol–water partition coefficient (Wildman–Crippen LogP) is 0.559. The number of hydrogen-bond donors (Lipinski definition) is 4. The fourth-order valence-corrected chi connectivity index (χ4v) is 3.06. The van der Waals surface area contributed by atoms with Crippen LogP contribution in [-0.4, -0.2) is 47.4 Å². The molecule has 0 aromatic rings. The molecular weight excluding hydrogens is 326 g/mol. The average Bonchev–Trinajstić information content (AvgIpc) is 2.57. The number of nitrogens with one attached hydrogen (secondary N) is 3. The Labute approximate surface area is 148 Å². The van der Waals surface area contributed by atoms with Crippen LogP contribution in [-0.2, 0) is 19.2 Å². The zero-order valence-electron chi connectivity index (χ0n) is 15.0. The van der Waals surface area contributed by atoms with Crippen molar-refractivity contribution in [2.75, 3.05) is 13.1 Å². The van der Waals surface area contributed by atoms with Crippen LogP contribution < -0.4 is 16.0 Å². The first-order valence-electron chi connectivity index (χ1n) is 8.84. The van der Waals surface area contributed by atoms with Crippen molar-refractivity contribution >= 4 is 23.7 Å². The Balaban J connectivity index is 2.37. The van der Waals surface area contributed by atoms with Crippen LogP contribution in [0.15, 0.2) is 0 Å². The number of carbonyl (C=O) groups is 4. The van der Waals surface area contributed by atoms with Gasteiger partial charge in [-0.1, -0.05) is 13.3 Å². The Morgan fingerprint density at radius 3 is 2.08 bits per heavy atom. The van der Waals surface area contributed by atoms with Gasteiger partial charge >= 0.3 is 5.97 Å². The van der Waals surface area contributed by atoms with Crippen molar-refractivity contribution in [3.05, 3.63) is 0 Å².